The maximum Gasteiger partial charge on any atom is 0.118 e. The van der Waals surface area contributed by atoms with Crippen LogP contribution < -0.4 is 4.74 Å². The number of pyridine rings is 1. The summed E-state index contributed by atoms with van der Waals surface area (Å²) in [7, 11) is 1.69. The molecule has 4 nitrogen and oxygen atoms in total. The summed E-state index contributed by atoms with van der Waals surface area (Å²) >= 11 is 6.39. The number of hydrogen-bond acceptors (Lipinski definition) is 3. The number of rotatable bonds is 7. The maximum atomic E-state index is 6.39. The van der Waals surface area contributed by atoms with Crippen molar-refractivity contribution in [3.05, 3.63) is 72.1 Å². The highest BCUT2D eigenvalue weighted by molar-refractivity contribution is 6.31. The highest BCUT2D eigenvalue weighted by atomic mass is 35.5. The zero-order chi connectivity index (χ0) is 22.6. The molecule has 0 radical (unpaired) electrons. The molecule has 2 aromatic carbocycles. The van der Waals surface area contributed by atoms with E-state index >= 15 is 0 Å². The fraction of sp³-hybridized carbons (Fsp3) is 0.321. The van der Waals surface area contributed by atoms with Crippen molar-refractivity contribution in [1.82, 2.24) is 14.5 Å². The Hall–Kier alpha value is -2.82. The Kier molecular flexibility index (Phi) is 6.65. The van der Waals surface area contributed by atoms with E-state index in [9.17, 15) is 0 Å². The van der Waals surface area contributed by atoms with E-state index in [0.717, 1.165) is 47.0 Å². The summed E-state index contributed by atoms with van der Waals surface area (Å²) in [5.74, 6) is 0.854. The molecule has 0 spiro atoms. The van der Waals surface area contributed by atoms with Crippen LogP contribution in [-0.4, -0.2) is 41.2 Å². The molecule has 2 aromatic heterocycles. The molecule has 1 fully saturated rings. The molecule has 3 heterocycles. The van der Waals surface area contributed by atoms with Crippen molar-refractivity contribution in [2.45, 2.75) is 32.2 Å². The molecule has 5 heteroatoms. The Bertz CT molecular complexity index is 1230. The number of nitrogens with zero attached hydrogens (tertiary/aromatic N) is 3. The van der Waals surface area contributed by atoms with Crippen LogP contribution in [0.5, 0.6) is 5.75 Å². The quantitative estimate of drug-likeness (QED) is 0.301. The first kappa shape index (κ1) is 22.0. The summed E-state index contributed by atoms with van der Waals surface area (Å²) in [6.07, 6.45) is 11.3. The van der Waals surface area contributed by atoms with Gasteiger partial charge in [-0.15, -0.1) is 0 Å². The number of piperidine rings is 1. The van der Waals surface area contributed by atoms with Crippen LogP contribution in [0.3, 0.4) is 0 Å². The van der Waals surface area contributed by atoms with Crippen LogP contribution in [0.4, 0.5) is 0 Å². The van der Waals surface area contributed by atoms with Crippen LogP contribution in [0.25, 0.3) is 33.2 Å². The molecule has 4 aromatic rings. The van der Waals surface area contributed by atoms with Gasteiger partial charge in [-0.25, -0.2) is 0 Å². The summed E-state index contributed by atoms with van der Waals surface area (Å²) < 4.78 is 7.66. The summed E-state index contributed by atoms with van der Waals surface area (Å²) in [5.41, 5.74) is 5.72. The van der Waals surface area contributed by atoms with Gasteiger partial charge in [0.05, 0.1) is 12.6 Å². The Morgan fingerprint density at radius 2 is 1.67 bits per heavy atom. The summed E-state index contributed by atoms with van der Waals surface area (Å²) in [5, 5.41) is 1.99. The molecule has 0 amide bonds. The Morgan fingerprint density at radius 3 is 2.45 bits per heavy atom. The van der Waals surface area contributed by atoms with E-state index in [1.165, 1.54) is 48.8 Å². The molecule has 0 bridgehead atoms. The van der Waals surface area contributed by atoms with Crippen molar-refractivity contribution in [2.75, 3.05) is 26.7 Å². The van der Waals surface area contributed by atoms with Crippen LogP contribution in [0.2, 0.25) is 5.02 Å². The third kappa shape index (κ3) is 4.92. The lowest BCUT2D eigenvalue weighted by atomic mass is 10.0. The molecule has 1 saturated heterocycles. The minimum Gasteiger partial charge on any atom is -0.497 e. The monoisotopic (exact) mass is 459 g/mol. The number of ether oxygens (including phenoxy) is 1. The molecule has 0 N–H and O–H groups in total. The van der Waals surface area contributed by atoms with E-state index in [2.05, 4.69) is 51.0 Å². The molecule has 0 aliphatic carbocycles. The fourth-order valence-electron chi connectivity index (χ4n) is 4.86. The molecule has 0 unspecified atom stereocenters. The first-order chi connectivity index (χ1) is 16.2. The first-order valence-corrected chi connectivity index (χ1v) is 12.2. The van der Waals surface area contributed by atoms with Gasteiger partial charge in [0.15, 0.2) is 0 Å². The van der Waals surface area contributed by atoms with E-state index in [4.69, 9.17) is 16.3 Å². The van der Waals surface area contributed by atoms with Crippen LogP contribution in [0.15, 0.2) is 67.1 Å². The number of fused-ring (bicyclic) bond motifs is 1. The summed E-state index contributed by atoms with van der Waals surface area (Å²) in [4.78, 5) is 7.17. The molecular weight excluding hydrogens is 430 g/mol. The predicted molar refractivity (Wildman–Crippen MR) is 137 cm³/mol. The Balaban J connectivity index is 1.44. The molecule has 33 heavy (non-hydrogen) atoms. The van der Waals surface area contributed by atoms with Crippen LogP contribution in [0.1, 0.15) is 25.7 Å². The average Bonchev–Trinajstić information content (AvgIpc) is 3.22. The van der Waals surface area contributed by atoms with Crippen molar-refractivity contribution >= 4 is 22.5 Å². The van der Waals surface area contributed by atoms with E-state index in [0.29, 0.717) is 0 Å². The average molecular weight is 460 g/mol. The third-order valence-electron chi connectivity index (χ3n) is 6.64. The molecule has 0 atom stereocenters. The van der Waals surface area contributed by atoms with Gasteiger partial charge in [-0.2, -0.15) is 0 Å². The van der Waals surface area contributed by atoms with Gasteiger partial charge in [-0.3, -0.25) is 4.98 Å². The zero-order valence-corrected chi connectivity index (χ0v) is 19.9. The van der Waals surface area contributed by atoms with Gasteiger partial charge < -0.3 is 14.2 Å². The zero-order valence-electron chi connectivity index (χ0n) is 19.1. The van der Waals surface area contributed by atoms with Gasteiger partial charge in [-0.1, -0.05) is 36.2 Å². The van der Waals surface area contributed by atoms with Crippen LogP contribution in [-0.2, 0) is 6.54 Å². The van der Waals surface area contributed by atoms with Crippen molar-refractivity contribution in [1.29, 1.82) is 0 Å². The Morgan fingerprint density at radius 1 is 0.879 bits per heavy atom. The fourth-order valence-corrected chi connectivity index (χ4v) is 5.02. The second kappa shape index (κ2) is 9.98. The van der Waals surface area contributed by atoms with E-state index in [1.54, 1.807) is 7.11 Å². The van der Waals surface area contributed by atoms with Crippen molar-refractivity contribution < 1.29 is 4.74 Å². The smallest absolute Gasteiger partial charge is 0.118 e. The lowest BCUT2D eigenvalue weighted by Gasteiger charge is -2.26. The van der Waals surface area contributed by atoms with Gasteiger partial charge in [-0.05, 0) is 74.8 Å². The Labute approximate surface area is 200 Å². The minimum atomic E-state index is 0.773. The van der Waals surface area contributed by atoms with Gasteiger partial charge in [0.25, 0.3) is 0 Å². The summed E-state index contributed by atoms with van der Waals surface area (Å²) in [6, 6.07) is 16.5. The highest BCUT2D eigenvalue weighted by Gasteiger charge is 2.14. The van der Waals surface area contributed by atoms with Gasteiger partial charge in [0, 0.05) is 52.2 Å². The topological polar surface area (TPSA) is 30.3 Å². The predicted octanol–water partition coefficient (Wildman–Crippen LogP) is 6.91. The number of aromatic nitrogens is 2. The second-order valence-corrected chi connectivity index (χ2v) is 9.28. The summed E-state index contributed by atoms with van der Waals surface area (Å²) in [6.45, 7) is 4.63. The lowest BCUT2D eigenvalue weighted by molar-refractivity contribution is 0.223. The van der Waals surface area contributed by atoms with E-state index in [1.807, 2.05) is 30.6 Å². The number of hydrogen-bond donors (Lipinski definition) is 0. The number of halogens is 1. The van der Waals surface area contributed by atoms with Crippen LogP contribution in [0, 0.1) is 0 Å². The first-order valence-electron chi connectivity index (χ1n) is 11.8. The van der Waals surface area contributed by atoms with Gasteiger partial charge in [0.2, 0.25) is 0 Å². The number of aryl methyl sites for hydroxylation is 1. The van der Waals surface area contributed by atoms with E-state index < -0.39 is 0 Å². The number of benzene rings is 2. The highest BCUT2D eigenvalue weighted by Crippen LogP contribution is 2.34. The number of methoxy groups -OCH3 is 1. The molecule has 0 saturated carbocycles. The largest absolute Gasteiger partial charge is 0.497 e. The van der Waals surface area contributed by atoms with E-state index in [-0.39, 0.29) is 0 Å². The van der Waals surface area contributed by atoms with Crippen LogP contribution >= 0.6 is 11.6 Å². The second-order valence-electron chi connectivity index (χ2n) is 8.84. The van der Waals surface area contributed by atoms with Crippen molar-refractivity contribution in [3.8, 4) is 28.0 Å². The maximum absolute atomic E-state index is 6.39. The normalized spacial score (nSPS) is 14.6. The molecular formula is C28H30ClN3O. The minimum absolute atomic E-state index is 0.773. The van der Waals surface area contributed by atoms with Crippen molar-refractivity contribution in [2.24, 2.45) is 0 Å². The molecule has 170 valence electrons. The third-order valence-corrected chi connectivity index (χ3v) is 6.87. The lowest BCUT2D eigenvalue weighted by Crippen LogP contribution is -2.31. The van der Waals surface area contributed by atoms with Crippen molar-refractivity contribution in [3.63, 3.8) is 0 Å². The molecule has 5 rings (SSSR count). The SMILES string of the molecule is COc1ccc(-c2cncc(-c3cn(CCCN4CCCCC4)c4cc(Cl)ccc34)c2)cc1. The standard InChI is InChI=1S/C28H30ClN3O/c1-33-25-9-6-21(7-10-25)22-16-23(19-30-18-22)27-20-32(28-17-24(29)8-11-26(27)28)15-5-14-31-12-3-2-4-13-31/h6-11,16-20H,2-5,12-15H2,1H3. The van der Waals surface area contributed by atoms with Gasteiger partial charge >= 0.3 is 0 Å². The van der Waals surface area contributed by atoms with Gasteiger partial charge in [0.1, 0.15) is 5.75 Å². The number of likely N-dealkylation sites (tertiary alicyclic amines) is 1. The molecule has 1 aliphatic heterocycles. The molecule has 1 aliphatic rings.